The van der Waals surface area contributed by atoms with Crippen molar-refractivity contribution < 1.29 is 9.53 Å². The number of fused-ring (bicyclic) bond motifs is 3. The van der Waals surface area contributed by atoms with Crippen molar-refractivity contribution in [2.75, 3.05) is 0 Å². The molecule has 20 heavy (non-hydrogen) atoms. The summed E-state index contributed by atoms with van der Waals surface area (Å²) in [5, 5.41) is 0. The van der Waals surface area contributed by atoms with Crippen LogP contribution in [0.2, 0.25) is 0 Å². The lowest BCUT2D eigenvalue weighted by Crippen LogP contribution is -2.36. The van der Waals surface area contributed by atoms with E-state index >= 15 is 0 Å². The number of hydrogen-bond acceptors (Lipinski definition) is 3. The number of carbonyl (C=O) groups excluding carboxylic acids is 1. The van der Waals surface area contributed by atoms with Crippen LogP contribution in [-0.4, -0.2) is 23.6 Å². The Morgan fingerprint density at radius 3 is 3.00 bits per heavy atom. The van der Waals surface area contributed by atoms with Gasteiger partial charge in [0, 0.05) is 11.6 Å². The molecule has 1 aliphatic heterocycles. The van der Waals surface area contributed by atoms with Crippen LogP contribution < -0.4 is 0 Å². The fourth-order valence-corrected chi connectivity index (χ4v) is 3.11. The van der Waals surface area contributed by atoms with Crippen molar-refractivity contribution in [3.8, 4) is 0 Å². The third kappa shape index (κ3) is 1.66. The molecule has 0 saturated heterocycles. The molecule has 4 rings (SSSR count). The summed E-state index contributed by atoms with van der Waals surface area (Å²) in [5.74, 6) is 0.790. The monoisotopic (exact) mass is 265 g/mol. The summed E-state index contributed by atoms with van der Waals surface area (Å²) in [6.45, 7) is 2.04. The molecule has 1 heterocycles. The Morgan fingerprint density at radius 1 is 1.25 bits per heavy atom. The normalized spacial score (nSPS) is 30.6. The summed E-state index contributed by atoms with van der Waals surface area (Å²) in [7, 11) is 0. The minimum Gasteiger partial charge on any atom is -0.482 e. The lowest BCUT2D eigenvalue weighted by atomic mass is 9.83. The molecule has 0 amide bonds. The summed E-state index contributed by atoms with van der Waals surface area (Å²) in [5.41, 5.74) is 4.13. The van der Waals surface area contributed by atoms with Gasteiger partial charge < -0.3 is 4.74 Å². The standard InChI is InChI=1S/C17H15NO2/c1-10-6-7-13-15(8-10)20-16-9-14(19)11-4-2-3-5-12(11)17(16)18-13/h2-3,6-9,15,17H,4-5H2,1H3/t15-,17?/m1/s1. The van der Waals surface area contributed by atoms with E-state index in [-0.39, 0.29) is 17.9 Å². The highest BCUT2D eigenvalue weighted by atomic mass is 16.5. The highest BCUT2D eigenvalue weighted by Gasteiger charge is 2.36. The minimum absolute atomic E-state index is 0.0845. The van der Waals surface area contributed by atoms with Gasteiger partial charge in [0.15, 0.2) is 11.9 Å². The Morgan fingerprint density at radius 2 is 2.10 bits per heavy atom. The molecule has 0 bridgehead atoms. The number of aliphatic imine (C=N–C) groups is 1. The number of allylic oxidation sites excluding steroid dienone is 6. The van der Waals surface area contributed by atoms with Gasteiger partial charge in [0.2, 0.25) is 0 Å². The van der Waals surface area contributed by atoms with Gasteiger partial charge in [-0.3, -0.25) is 9.79 Å². The third-order valence-electron chi connectivity index (χ3n) is 4.15. The number of carbonyl (C=O) groups is 1. The fourth-order valence-electron chi connectivity index (χ4n) is 3.11. The van der Waals surface area contributed by atoms with E-state index in [1.165, 1.54) is 0 Å². The molecule has 0 aromatic rings. The molecule has 1 unspecified atom stereocenters. The van der Waals surface area contributed by atoms with E-state index in [9.17, 15) is 4.79 Å². The van der Waals surface area contributed by atoms with Crippen LogP contribution in [0.15, 0.2) is 63.9 Å². The lowest BCUT2D eigenvalue weighted by molar-refractivity contribution is -0.111. The molecule has 3 heteroatoms. The predicted molar refractivity (Wildman–Crippen MR) is 77.5 cm³/mol. The van der Waals surface area contributed by atoms with Crippen LogP contribution in [0.25, 0.3) is 0 Å². The molecule has 3 aliphatic carbocycles. The maximum atomic E-state index is 12.2. The summed E-state index contributed by atoms with van der Waals surface area (Å²) < 4.78 is 6.01. The van der Waals surface area contributed by atoms with Crippen molar-refractivity contribution in [2.45, 2.75) is 31.9 Å². The molecule has 0 spiro atoms. The number of hydrogen-bond donors (Lipinski definition) is 0. The first-order valence-electron chi connectivity index (χ1n) is 6.96. The highest BCUT2D eigenvalue weighted by Crippen LogP contribution is 2.37. The molecule has 3 nitrogen and oxygen atoms in total. The summed E-state index contributed by atoms with van der Waals surface area (Å²) in [6, 6.07) is -0.102. The average Bonchev–Trinajstić information content (AvgIpc) is 2.46. The third-order valence-corrected chi connectivity index (χ3v) is 4.15. The van der Waals surface area contributed by atoms with Gasteiger partial charge in [0.05, 0.1) is 5.71 Å². The molecular formula is C17H15NO2. The summed E-state index contributed by atoms with van der Waals surface area (Å²) >= 11 is 0. The van der Waals surface area contributed by atoms with E-state index in [4.69, 9.17) is 9.73 Å². The first kappa shape index (κ1) is 11.6. The molecule has 0 N–H and O–H groups in total. The van der Waals surface area contributed by atoms with E-state index in [0.29, 0.717) is 5.76 Å². The van der Waals surface area contributed by atoms with Gasteiger partial charge in [-0.2, -0.15) is 0 Å². The van der Waals surface area contributed by atoms with Crippen molar-refractivity contribution in [3.63, 3.8) is 0 Å². The Kier molecular flexibility index (Phi) is 2.43. The van der Waals surface area contributed by atoms with Gasteiger partial charge in [-0.1, -0.05) is 23.8 Å². The SMILES string of the molecule is CC1=C[C@H]2OC3=CC(=O)C4=C(CC=CC4)C3N=C2C=C1. The Labute approximate surface area is 117 Å². The van der Waals surface area contributed by atoms with E-state index < -0.39 is 0 Å². The number of rotatable bonds is 0. The van der Waals surface area contributed by atoms with E-state index in [1.54, 1.807) is 6.08 Å². The zero-order valence-electron chi connectivity index (χ0n) is 11.3. The molecule has 100 valence electrons. The first-order chi connectivity index (χ1) is 9.72. The first-order valence-corrected chi connectivity index (χ1v) is 6.96. The van der Waals surface area contributed by atoms with Crippen molar-refractivity contribution >= 4 is 11.5 Å². The highest BCUT2D eigenvalue weighted by molar-refractivity contribution is 6.08. The van der Waals surface area contributed by atoms with Crippen molar-refractivity contribution in [2.24, 2.45) is 4.99 Å². The summed E-state index contributed by atoms with van der Waals surface area (Å²) in [4.78, 5) is 17.0. The molecule has 4 aliphatic rings. The Bertz CT molecular complexity index is 686. The zero-order valence-corrected chi connectivity index (χ0v) is 11.3. The average molecular weight is 265 g/mol. The molecular weight excluding hydrogens is 250 g/mol. The lowest BCUT2D eigenvalue weighted by Gasteiger charge is -2.35. The van der Waals surface area contributed by atoms with Crippen LogP contribution in [0.4, 0.5) is 0 Å². The molecule has 2 atom stereocenters. The zero-order chi connectivity index (χ0) is 13.7. The number of nitrogens with zero attached hydrogens (tertiary/aromatic N) is 1. The maximum absolute atomic E-state index is 12.2. The summed E-state index contributed by atoms with van der Waals surface area (Å²) in [6.07, 6.45) is 13.3. The second-order valence-electron chi connectivity index (χ2n) is 5.53. The Balaban J connectivity index is 1.79. The van der Waals surface area contributed by atoms with Crippen LogP contribution in [0.1, 0.15) is 19.8 Å². The minimum atomic E-state index is -0.142. The second kappa shape index (κ2) is 4.17. The van der Waals surface area contributed by atoms with Crippen LogP contribution in [0.3, 0.4) is 0 Å². The van der Waals surface area contributed by atoms with Crippen LogP contribution >= 0.6 is 0 Å². The second-order valence-corrected chi connectivity index (χ2v) is 5.53. The quantitative estimate of drug-likeness (QED) is 0.632. The van der Waals surface area contributed by atoms with Crippen molar-refractivity contribution in [3.05, 3.63) is 58.9 Å². The maximum Gasteiger partial charge on any atom is 0.185 e. The largest absolute Gasteiger partial charge is 0.482 e. The van der Waals surface area contributed by atoms with Gasteiger partial charge in [-0.25, -0.2) is 0 Å². The topological polar surface area (TPSA) is 38.7 Å². The fraction of sp³-hybridized carbons (Fsp3) is 0.294. The van der Waals surface area contributed by atoms with E-state index in [1.807, 2.05) is 19.1 Å². The van der Waals surface area contributed by atoms with E-state index in [2.05, 4.69) is 18.2 Å². The van der Waals surface area contributed by atoms with Crippen LogP contribution in [-0.2, 0) is 9.53 Å². The van der Waals surface area contributed by atoms with Crippen LogP contribution in [0.5, 0.6) is 0 Å². The van der Waals surface area contributed by atoms with Gasteiger partial charge in [0.25, 0.3) is 0 Å². The number of ketones is 1. The molecule has 0 aromatic carbocycles. The smallest absolute Gasteiger partial charge is 0.185 e. The molecule has 0 fully saturated rings. The molecule has 0 aromatic heterocycles. The molecule has 0 radical (unpaired) electrons. The molecule has 0 saturated carbocycles. The van der Waals surface area contributed by atoms with Crippen molar-refractivity contribution in [1.29, 1.82) is 0 Å². The van der Waals surface area contributed by atoms with Crippen LogP contribution in [0, 0.1) is 0 Å². The Hall–Kier alpha value is -2.16. The van der Waals surface area contributed by atoms with Gasteiger partial charge >= 0.3 is 0 Å². The van der Waals surface area contributed by atoms with Gasteiger partial charge in [0.1, 0.15) is 11.8 Å². The number of ether oxygens (including phenoxy) is 1. The van der Waals surface area contributed by atoms with Crippen molar-refractivity contribution in [1.82, 2.24) is 0 Å². The van der Waals surface area contributed by atoms with Gasteiger partial charge in [-0.15, -0.1) is 0 Å². The predicted octanol–water partition coefficient (Wildman–Crippen LogP) is 2.82. The van der Waals surface area contributed by atoms with Gasteiger partial charge in [-0.05, 0) is 37.5 Å². The van der Waals surface area contributed by atoms with E-state index in [0.717, 1.165) is 35.3 Å².